The molecule has 0 bridgehead atoms. The number of hydrogen-bond donors (Lipinski definition) is 1. The predicted octanol–water partition coefficient (Wildman–Crippen LogP) is 4.11. The number of nitrogens with zero attached hydrogens (tertiary/aromatic N) is 1. The molecule has 5 heteroatoms. The second kappa shape index (κ2) is 8.47. The van der Waals surface area contributed by atoms with Gasteiger partial charge < -0.3 is 15.0 Å². The normalized spacial score (nSPS) is 15.4. The molecular formula is C19H22ClFN2O. The van der Waals surface area contributed by atoms with E-state index in [1.807, 2.05) is 6.07 Å². The molecule has 1 N–H and O–H groups in total. The molecular weight excluding hydrogens is 327 g/mol. The number of benzene rings is 2. The van der Waals surface area contributed by atoms with Crippen LogP contribution in [0.1, 0.15) is 12.0 Å². The minimum atomic E-state index is -0.207. The molecule has 24 heavy (non-hydrogen) atoms. The molecule has 128 valence electrons. The third-order valence-electron chi connectivity index (χ3n) is 4.23. The van der Waals surface area contributed by atoms with Gasteiger partial charge >= 0.3 is 0 Å². The molecule has 1 saturated heterocycles. The van der Waals surface area contributed by atoms with Gasteiger partial charge in [0, 0.05) is 36.8 Å². The van der Waals surface area contributed by atoms with Gasteiger partial charge in [0.15, 0.2) is 0 Å². The Morgan fingerprint density at radius 2 is 1.83 bits per heavy atom. The first-order valence-corrected chi connectivity index (χ1v) is 8.74. The van der Waals surface area contributed by atoms with E-state index in [4.69, 9.17) is 16.3 Å². The second-order valence-electron chi connectivity index (χ2n) is 5.97. The van der Waals surface area contributed by atoms with Gasteiger partial charge in [0.25, 0.3) is 0 Å². The first kappa shape index (κ1) is 17.2. The van der Waals surface area contributed by atoms with Crippen LogP contribution in [0.3, 0.4) is 0 Å². The van der Waals surface area contributed by atoms with Crippen LogP contribution in [0.15, 0.2) is 42.5 Å². The van der Waals surface area contributed by atoms with Gasteiger partial charge in [-0.25, -0.2) is 4.39 Å². The highest BCUT2D eigenvalue weighted by Gasteiger charge is 2.13. The first-order chi connectivity index (χ1) is 11.7. The largest absolute Gasteiger partial charge is 0.457 e. The van der Waals surface area contributed by atoms with Crippen LogP contribution in [0.25, 0.3) is 0 Å². The van der Waals surface area contributed by atoms with Crippen molar-refractivity contribution in [2.45, 2.75) is 12.8 Å². The Balaban J connectivity index is 1.64. The Bertz CT molecular complexity index is 657. The molecule has 3 rings (SSSR count). The van der Waals surface area contributed by atoms with E-state index < -0.39 is 0 Å². The lowest BCUT2D eigenvalue weighted by Crippen LogP contribution is -2.43. The van der Waals surface area contributed by atoms with E-state index in [2.05, 4.69) is 10.2 Å². The van der Waals surface area contributed by atoms with Crippen molar-refractivity contribution in [3.63, 3.8) is 0 Å². The van der Waals surface area contributed by atoms with Crippen LogP contribution in [0.5, 0.6) is 11.5 Å². The van der Waals surface area contributed by atoms with E-state index in [0.717, 1.165) is 39.1 Å². The van der Waals surface area contributed by atoms with Crippen molar-refractivity contribution >= 4 is 11.6 Å². The maximum atomic E-state index is 14.3. The van der Waals surface area contributed by atoms with Crippen molar-refractivity contribution < 1.29 is 9.13 Å². The summed E-state index contributed by atoms with van der Waals surface area (Å²) in [5.74, 6) is 1.03. The Morgan fingerprint density at radius 3 is 2.58 bits per heavy atom. The van der Waals surface area contributed by atoms with Crippen LogP contribution < -0.4 is 10.1 Å². The quantitative estimate of drug-likeness (QED) is 0.850. The Hall–Kier alpha value is -1.62. The molecule has 2 aromatic carbocycles. The summed E-state index contributed by atoms with van der Waals surface area (Å²) < 4.78 is 20.1. The van der Waals surface area contributed by atoms with Crippen LogP contribution in [-0.2, 0) is 6.42 Å². The zero-order chi connectivity index (χ0) is 16.8. The van der Waals surface area contributed by atoms with Crippen molar-refractivity contribution in [2.75, 3.05) is 32.7 Å². The zero-order valence-electron chi connectivity index (χ0n) is 13.6. The summed E-state index contributed by atoms with van der Waals surface area (Å²) >= 11 is 5.89. The molecule has 1 aliphatic rings. The maximum absolute atomic E-state index is 14.3. The minimum Gasteiger partial charge on any atom is -0.457 e. The van der Waals surface area contributed by atoms with Gasteiger partial charge in [-0.05, 0) is 55.8 Å². The number of ether oxygens (including phenoxy) is 1. The average molecular weight is 349 g/mol. The van der Waals surface area contributed by atoms with E-state index in [9.17, 15) is 4.39 Å². The number of halogens is 2. The summed E-state index contributed by atoms with van der Waals surface area (Å²) in [6.45, 7) is 5.17. The summed E-state index contributed by atoms with van der Waals surface area (Å²) in [5, 5.41) is 3.99. The number of rotatable bonds is 6. The fourth-order valence-electron chi connectivity index (χ4n) is 2.92. The molecule has 2 aromatic rings. The monoisotopic (exact) mass is 348 g/mol. The minimum absolute atomic E-state index is 0.207. The number of piperazine rings is 1. The molecule has 0 saturated carbocycles. The second-order valence-corrected chi connectivity index (χ2v) is 6.40. The SMILES string of the molecule is Fc1cccc(Oc2ccc(Cl)cc2)c1CCCN1CCNCC1. The summed E-state index contributed by atoms with van der Waals surface area (Å²) in [4.78, 5) is 2.41. The summed E-state index contributed by atoms with van der Waals surface area (Å²) in [6.07, 6.45) is 1.58. The van der Waals surface area contributed by atoms with Gasteiger partial charge in [0.2, 0.25) is 0 Å². The number of nitrogens with one attached hydrogen (secondary N) is 1. The van der Waals surface area contributed by atoms with E-state index in [0.29, 0.717) is 28.5 Å². The molecule has 0 radical (unpaired) electrons. The standard InChI is InChI=1S/C19H22ClFN2O/c20-15-6-8-16(9-7-15)24-19-5-1-4-18(21)17(19)3-2-12-23-13-10-22-11-14-23/h1,4-9,22H,2-3,10-14H2. The molecule has 3 nitrogen and oxygen atoms in total. The molecule has 0 atom stereocenters. The molecule has 0 spiro atoms. The Kier molecular flexibility index (Phi) is 6.07. The smallest absolute Gasteiger partial charge is 0.133 e. The molecule has 1 aliphatic heterocycles. The van der Waals surface area contributed by atoms with Crippen molar-refractivity contribution in [3.8, 4) is 11.5 Å². The van der Waals surface area contributed by atoms with Crippen LogP contribution in [0, 0.1) is 5.82 Å². The lowest BCUT2D eigenvalue weighted by molar-refractivity contribution is 0.238. The van der Waals surface area contributed by atoms with E-state index in [1.54, 1.807) is 30.3 Å². The van der Waals surface area contributed by atoms with Crippen molar-refractivity contribution in [2.24, 2.45) is 0 Å². The van der Waals surface area contributed by atoms with Crippen LogP contribution >= 0.6 is 11.6 Å². The fraction of sp³-hybridized carbons (Fsp3) is 0.368. The molecule has 0 amide bonds. The third-order valence-corrected chi connectivity index (χ3v) is 4.48. The van der Waals surface area contributed by atoms with E-state index in [1.165, 1.54) is 6.07 Å². The zero-order valence-corrected chi connectivity index (χ0v) is 14.4. The highest BCUT2D eigenvalue weighted by molar-refractivity contribution is 6.30. The number of hydrogen-bond acceptors (Lipinski definition) is 3. The molecule has 1 fully saturated rings. The maximum Gasteiger partial charge on any atom is 0.133 e. The highest BCUT2D eigenvalue weighted by atomic mass is 35.5. The lowest BCUT2D eigenvalue weighted by atomic mass is 10.1. The van der Waals surface area contributed by atoms with Crippen LogP contribution in [0.4, 0.5) is 4.39 Å². The fourth-order valence-corrected chi connectivity index (χ4v) is 3.05. The lowest BCUT2D eigenvalue weighted by Gasteiger charge is -2.27. The van der Waals surface area contributed by atoms with Gasteiger partial charge in [-0.15, -0.1) is 0 Å². The summed E-state index contributed by atoms with van der Waals surface area (Å²) in [6, 6.07) is 12.1. The summed E-state index contributed by atoms with van der Waals surface area (Å²) in [5.41, 5.74) is 0.641. The molecule has 0 aliphatic carbocycles. The topological polar surface area (TPSA) is 24.5 Å². The van der Waals surface area contributed by atoms with E-state index in [-0.39, 0.29) is 5.82 Å². The van der Waals surface area contributed by atoms with Crippen LogP contribution in [0.2, 0.25) is 5.02 Å². The Labute approximate surface area is 147 Å². The molecule has 0 unspecified atom stereocenters. The molecule has 1 heterocycles. The van der Waals surface area contributed by atoms with Gasteiger partial charge in [-0.3, -0.25) is 0 Å². The molecule has 0 aromatic heterocycles. The average Bonchev–Trinajstić information content (AvgIpc) is 2.60. The Morgan fingerprint density at radius 1 is 1.08 bits per heavy atom. The van der Waals surface area contributed by atoms with Crippen LogP contribution in [-0.4, -0.2) is 37.6 Å². The van der Waals surface area contributed by atoms with Gasteiger partial charge in [0.1, 0.15) is 17.3 Å². The third kappa shape index (κ3) is 4.69. The van der Waals surface area contributed by atoms with Gasteiger partial charge in [-0.2, -0.15) is 0 Å². The van der Waals surface area contributed by atoms with E-state index >= 15 is 0 Å². The predicted molar refractivity (Wildman–Crippen MR) is 95.6 cm³/mol. The van der Waals surface area contributed by atoms with Gasteiger partial charge in [-0.1, -0.05) is 17.7 Å². The van der Waals surface area contributed by atoms with Gasteiger partial charge in [0.05, 0.1) is 0 Å². The first-order valence-electron chi connectivity index (χ1n) is 8.36. The summed E-state index contributed by atoms with van der Waals surface area (Å²) in [7, 11) is 0. The van der Waals surface area contributed by atoms with Crippen molar-refractivity contribution in [3.05, 3.63) is 58.9 Å². The highest BCUT2D eigenvalue weighted by Crippen LogP contribution is 2.29. The van der Waals surface area contributed by atoms with Crippen molar-refractivity contribution in [1.29, 1.82) is 0 Å². The van der Waals surface area contributed by atoms with Crippen molar-refractivity contribution in [1.82, 2.24) is 10.2 Å².